The van der Waals surface area contributed by atoms with Gasteiger partial charge in [0.25, 0.3) is 11.5 Å². The molecule has 24 heavy (non-hydrogen) atoms. The first-order chi connectivity index (χ1) is 11.7. The molecule has 122 valence electrons. The molecule has 2 heterocycles. The van der Waals surface area contributed by atoms with Gasteiger partial charge in [0.2, 0.25) is 5.95 Å². The number of aromatic amines is 1. The Balaban J connectivity index is 1.72. The van der Waals surface area contributed by atoms with E-state index in [1.54, 1.807) is 0 Å². The summed E-state index contributed by atoms with van der Waals surface area (Å²) >= 11 is 0. The molecule has 0 bridgehead atoms. The molecule has 2 aromatic heterocycles. The van der Waals surface area contributed by atoms with Crippen LogP contribution in [0.15, 0.2) is 41.2 Å². The summed E-state index contributed by atoms with van der Waals surface area (Å²) in [5, 5.41) is 8.88. The molecule has 2 N–H and O–H groups in total. The zero-order valence-electron chi connectivity index (χ0n) is 13.0. The lowest BCUT2D eigenvalue weighted by Gasteiger charge is -2.16. The molecule has 1 fully saturated rings. The summed E-state index contributed by atoms with van der Waals surface area (Å²) in [6.07, 6.45) is 4.54. The number of hydrogen-bond acceptors (Lipinski definition) is 4. The molecule has 0 unspecified atom stereocenters. The van der Waals surface area contributed by atoms with Gasteiger partial charge >= 0.3 is 0 Å². The highest BCUT2D eigenvalue weighted by molar-refractivity contribution is 6.02. The number of rotatable bonds is 3. The van der Waals surface area contributed by atoms with Crippen LogP contribution in [0.3, 0.4) is 0 Å². The van der Waals surface area contributed by atoms with Crippen LogP contribution in [0.1, 0.15) is 42.2 Å². The Labute approximate surface area is 137 Å². The highest BCUT2D eigenvalue weighted by atomic mass is 16.2. The molecule has 0 spiro atoms. The van der Waals surface area contributed by atoms with Gasteiger partial charge in [0.05, 0.1) is 11.0 Å². The SMILES string of the molecule is O=C(Nc1nc2ccccc2n1C1CCCC1)c1ccc(=O)[nH]n1. The average Bonchev–Trinajstić information content (AvgIpc) is 3.22. The van der Waals surface area contributed by atoms with Gasteiger partial charge in [0.15, 0.2) is 0 Å². The number of benzene rings is 1. The van der Waals surface area contributed by atoms with E-state index in [0.29, 0.717) is 12.0 Å². The predicted octanol–water partition coefficient (Wildman–Crippen LogP) is 2.49. The lowest BCUT2D eigenvalue weighted by atomic mass is 10.2. The number of H-pyrrole nitrogens is 1. The standard InChI is InChI=1S/C17H17N5O2/c23-15-10-9-13(20-21-15)16(24)19-17-18-12-7-3-4-8-14(12)22(17)11-5-1-2-6-11/h3-4,7-11H,1-2,5-6H2,(H,21,23)(H,18,19,24). The third-order valence-corrected chi connectivity index (χ3v) is 4.42. The lowest BCUT2D eigenvalue weighted by Crippen LogP contribution is -2.20. The van der Waals surface area contributed by atoms with Crippen molar-refractivity contribution in [2.75, 3.05) is 5.32 Å². The minimum atomic E-state index is -0.388. The maximum atomic E-state index is 12.4. The van der Waals surface area contributed by atoms with Crippen LogP contribution in [0.4, 0.5) is 5.95 Å². The van der Waals surface area contributed by atoms with Crippen LogP contribution < -0.4 is 10.9 Å². The number of carbonyl (C=O) groups is 1. The first-order valence-electron chi connectivity index (χ1n) is 8.06. The Morgan fingerprint density at radius 3 is 2.71 bits per heavy atom. The van der Waals surface area contributed by atoms with Crippen molar-refractivity contribution in [1.82, 2.24) is 19.7 Å². The fourth-order valence-electron chi connectivity index (χ4n) is 3.30. The van der Waals surface area contributed by atoms with E-state index in [1.165, 1.54) is 25.0 Å². The number of aromatic nitrogens is 4. The molecule has 4 rings (SSSR count). The van der Waals surface area contributed by atoms with Gasteiger partial charge in [-0.05, 0) is 31.0 Å². The van der Waals surface area contributed by atoms with Crippen LogP contribution in [0.5, 0.6) is 0 Å². The van der Waals surface area contributed by atoms with E-state index >= 15 is 0 Å². The summed E-state index contributed by atoms with van der Waals surface area (Å²) in [7, 11) is 0. The van der Waals surface area contributed by atoms with E-state index in [9.17, 15) is 9.59 Å². The zero-order valence-corrected chi connectivity index (χ0v) is 13.0. The molecule has 0 saturated heterocycles. The minimum Gasteiger partial charge on any atom is -0.307 e. The molecule has 1 saturated carbocycles. The van der Waals surface area contributed by atoms with E-state index < -0.39 is 0 Å². The Morgan fingerprint density at radius 1 is 1.17 bits per heavy atom. The number of hydrogen-bond donors (Lipinski definition) is 2. The second kappa shape index (κ2) is 5.92. The number of fused-ring (bicyclic) bond motifs is 1. The van der Waals surface area contributed by atoms with Gasteiger partial charge in [-0.15, -0.1) is 0 Å². The Hall–Kier alpha value is -2.96. The number of amides is 1. The first-order valence-corrected chi connectivity index (χ1v) is 8.06. The van der Waals surface area contributed by atoms with Crippen molar-refractivity contribution in [3.05, 3.63) is 52.4 Å². The highest BCUT2D eigenvalue weighted by Crippen LogP contribution is 2.35. The zero-order chi connectivity index (χ0) is 16.5. The monoisotopic (exact) mass is 323 g/mol. The van der Waals surface area contributed by atoms with Crippen molar-refractivity contribution < 1.29 is 4.79 Å². The van der Waals surface area contributed by atoms with E-state index in [2.05, 4.69) is 25.1 Å². The summed E-state index contributed by atoms with van der Waals surface area (Å²) in [6.45, 7) is 0. The van der Waals surface area contributed by atoms with E-state index in [-0.39, 0.29) is 17.2 Å². The molecule has 1 amide bonds. The maximum Gasteiger partial charge on any atom is 0.278 e. The maximum absolute atomic E-state index is 12.4. The molecule has 1 aliphatic rings. The van der Waals surface area contributed by atoms with Gasteiger partial charge in [-0.1, -0.05) is 25.0 Å². The van der Waals surface area contributed by atoms with E-state index in [4.69, 9.17) is 0 Å². The number of carbonyl (C=O) groups excluding carboxylic acids is 1. The Bertz CT molecular complexity index is 933. The third-order valence-electron chi connectivity index (χ3n) is 4.42. The van der Waals surface area contributed by atoms with Crippen LogP contribution >= 0.6 is 0 Å². The molecule has 0 radical (unpaired) electrons. The Kier molecular flexibility index (Phi) is 3.60. The normalized spacial score (nSPS) is 15.0. The molecule has 1 aliphatic carbocycles. The van der Waals surface area contributed by atoms with Crippen molar-refractivity contribution in [3.63, 3.8) is 0 Å². The minimum absolute atomic E-state index is 0.152. The fraction of sp³-hybridized carbons (Fsp3) is 0.294. The van der Waals surface area contributed by atoms with Gasteiger partial charge < -0.3 is 4.57 Å². The fourth-order valence-corrected chi connectivity index (χ4v) is 3.30. The molecule has 1 aromatic carbocycles. The summed E-state index contributed by atoms with van der Waals surface area (Å²) in [5.74, 6) is 0.141. The van der Waals surface area contributed by atoms with Crippen LogP contribution in [-0.2, 0) is 0 Å². The molecular formula is C17H17N5O2. The first kappa shape index (κ1) is 14.6. The quantitative estimate of drug-likeness (QED) is 0.774. The smallest absolute Gasteiger partial charge is 0.278 e. The van der Waals surface area contributed by atoms with Crippen LogP contribution in [0, 0.1) is 0 Å². The van der Waals surface area contributed by atoms with Crippen LogP contribution in [0.25, 0.3) is 11.0 Å². The largest absolute Gasteiger partial charge is 0.307 e. The number of para-hydroxylation sites is 2. The van der Waals surface area contributed by atoms with Gasteiger partial charge in [-0.2, -0.15) is 5.10 Å². The summed E-state index contributed by atoms with van der Waals surface area (Å²) in [4.78, 5) is 28.1. The number of nitrogens with zero attached hydrogens (tertiary/aromatic N) is 3. The molecule has 3 aromatic rings. The topological polar surface area (TPSA) is 92.7 Å². The van der Waals surface area contributed by atoms with Gasteiger partial charge in [-0.3, -0.25) is 14.9 Å². The van der Waals surface area contributed by atoms with Crippen LogP contribution in [-0.4, -0.2) is 25.7 Å². The van der Waals surface area contributed by atoms with Crippen molar-refractivity contribution in [2.45, 2.75) is 31.7 Å². The average molecular weight is 323 g/mol. The number of imidazole rings is 1. The second-order valence-electron chi connectivity index (χ2n) is 5.99. The van der Waals surface area contributed by atoms with E-state index in [1.807, 2.05) is 24.3 Å². The third kappa shape index (κ3) is 2.58. The van der Waals surface area contributed by atoms with Crippen molar-refractivity contribution in [3.8, 4) is 0 Å². The second-order valence-corrected chi connectivity index (χ2v) is 5.99. The van der Waals surface area contributed by atoms with Crippen molar-refractivity contribution in [1.29, 1.82) is 0 Å². The van der Waals surface area contributed by atoms with Crippen molar-refractivity contribution in [2.24, 2.45) is 0 Å². The van der Waals surface area contributed by atoms with Crippen LogP contribution in [0.2, 0.25) is 0 Å². The Morgan fingerprint density at radius 2 is 1.96 bits per heavy atom. The molecule has 0 aliphatic heterocycles. The molecular weight excluding hydrogens is 306 g/mol. The van der Waals surface area contributed by atoms with Gasteiger partial charge in [0, 0.05) is 12.1 Å². The summed E-state index contributed by atoms with van der Waals surface area (Å²) in [6, 6.07) is 10.9. The molecule has 7 nitrogen and oxygen atoms in total. The van der Waals surface area contributed by atoms with E-state index in [0.717, 1.165) is 23.9 Å². The van der Waals surface area contributed by atoms with Gasteiger partial charge in [0.1, 0.15) is 5.69 Å². The van der Waals surface area contributed by atoms with Crippen molar-refractivity contribution >= 4 is 22.9 Å². The molecule has 7 heteroatoms. The summed E-state index contributed by atoms with van der Waals surface area (Å²) < 4.78 is 2.12. The lowest BCUT2D eigenvalue weighted by molar-refractivity contribution is 0.102. The predicted molar refractivity (Wildman–Crippen MR) is 90.0 cm³/mol. The highest BCUT2D eigenvalue weighted by Gasteiger charge is 2.23. The molecule has 0 atom stereocenters. The van der Waals surface area contributed by atoms with Gasteiger partial charge in [-0.25, -0.2) is 10.1 Å². The number of nitrogens with one attached hydrogen (secondary N) is 2. The number of anilines is 1. The summed E-state index contributed by atoms with van der Waals surface area (Å²) in [5.41, 5.74) is 1.69.